The van der Waals surface area contributed by atoms with Crippen molar-refractivity contribution in [3.63, 3.8) is 0 Å². The molecule has 2 aromatic carbocycles. The van der Waals surface area contributed by atoms with Gasteiger partial charge in [0.15, 0.2) is 0 Å². The number of nitrogens with one attached hydrogen (secondary N) is 1. The molecule has 118 valence electrons. The van der Waals surface area contributed by atoms with Gasteiger partial charge in [-0.05, 0) is 38.3 Å². The Morgan fingerprint density at radius 3 is 2.68 bits per heavy atom. The van der Waals surface area contributed by atoms with Gasteiger partial charge in [0.05, 0.1) is 19.8 Å². The van der Waals surface area contributed by atoms with Gasteiger partial charge in [0.2, 0.25) is 5.79 Å². The molecule has 0 aliphatic carbocycles. The van der Waals surface area contributed by atoms with E-state index in [9.17, 15) is 5.11 Å². The minimum Gasteiger partial charge on any atom is -0.496 e. The van der Waals surface area contributed by atoms with E-state index in [4.69, 9.17) is 9.47 Å². The first-order valence-corrected chi connectivity index (χ1v) is 7.57. The van der Waals surface area contributed by atoms with Gasteiger partial charge < -0.3 is 19.9 Å². The van der Waals surface area contributed by atoms with Gasteiger partial charge in [-0.1, -0.05) is 24.3 Å². The molecule has 2 aromatic rings. The van der Waals surface area contributed by atoms with E-state index in [0.717, 1.165) is 16.5 Å². The lowest BCUT2D eigenvalue weighted by molar-refractivity contribution is -0.263. The van der Waals surface area contributed by atoms with E-state index in [2.05, 4.69) is 19.2 Å². The Morgan fingerprint density at radius 2 is 2.00 bits per heavy atom. The Bertz CT molecular complexity index is 698. The van der Waals surface area contributed by atoms with Gasteiger partial charge in [-0.3, -0.25) is 0 Å². The molecule has 0 saturated carbocycles. The largest absolute Gasteiger partial charge is 0.496 e. The van der Waals surface area contributed by atoms with Crippen molar-refractivity contribution in [2.45, 2.75) is 38.1 Å². The molecule has 3 rings (SSSR count). The summed E-state index contributed by atoms with van der Waals surface area (Å²) in [5.74, 6) is -0.630. The van der Waals surface area contributed by atoms with Gasteiger partial charge >= 0.3 is 0 Å². The van der Waals surface area contributed by atoms with Crippen LogP contribution in [-0.4, -0.2) is 30.4 Å². The number of methoxy groups -OCH3 is 1. The number of benzene rings is 2. The molecule has 0 radical (unpaired) electrons. The zero-order valence-corrected chi connectivity index (χ0v) is 13.5. The Morgan fingerprint density at radius 1 is 1.27 bits per heavy atom. The molecular weight excluding hydrogens is 278 g/mol. The predicted molar refractivity (Wildman–Crippen MR) is 87.0 cm³/mol. The average Bonchev–Trinajstić information content (AvgIpc) is 2.50. The summed E-state index contributed by atoms with van der Waals surface area (Å²) in [7, 11) is 1.64. The number of ether oxygens (including phenoxy) is 2. The number of rotatable bonds is 2. The maximum Gasteiger partial charge on any atom is 0.208 e. The van der Waals surface area contributed by atoms with Crippen molar-refractivity contribution in [3.05, 3.63) is 42.0 Å². The summed E-state index contributed by atoms with van der Waals surface area (Å²) in [5.41, 5.74) is 0.547. The van der Waals surface area contributed by atoms with Crippen LogP contribution in [0.2, 0.25) is 0 Å². The molecule has 2 unspecified atom stereocenters. The van der Waals surface area contributed by atoms with E-state index in [1.807, 2.05) is 43.3 Å². The Hall–Kier alpha value is -1.62. The topological polar surface area (TPSA) is 50.7 Å². The van der Waals surface area contributed by atoms with Crippen molar-refractivity contribution in [1.82, 2.24) is 5.32 Å². The Labute approximate surface area is 131 Å². The number of morpholine rings is 1. The third-order valence-electron chi connectivity index (χ3n) is 4.30. The van der Waals surface area contributed by atoms with E-state index in [0.29, 0.717) is 12.2 Å². The second kappa shape index (κ2) is 5.23. The summed E-state index contributed by atoms with van der Waals surface area (Å²) in [6, 6.07) is 11.6. The van der Waals surface area contributed by atoms with Crippen LogP contribution in [-0.2, 0) is 10.5 Å². The van der Waals surface area contributed by atoms with Crippen LogP contribution in [0.5, 0.6) is 5.75 Å². The van der Waals surface area contributed by atoms with E-state index < -0.39 is 5.79 Å². The predicted octanol–water partition coefficient (Wildman–Crippen LogP) is 2.78. The second-order valence-electron chi connectivity index (χ2n) is 6.63. The first-order chi connectivity index (χ1) is 10.4. The molecule has 0 spiro atoms. The molecule has 1 aliphatic rings. The van der Waals surface area contributed by atoms with Crippen molar-refractivity contribution in [2.24, 2.45) is 0 Å². The molecule has 0 bridgehead atoms. The summed E-state index contributed by atoms with van der Waals surface area (Å²) in [6.07, 6.45) is 0. The molecule has 4 nitrogen and oxygen atoms in total. The highest BCUT2D eigenvalue weighted by atomic mass is 16.6. The smallest absolute Gasteiger partial charge is 0.208 e. The van der Waals surface area contributed by atoms with Crippen molar-refractivity contribution in [3.8, 4) is 5.75 Å². The van der Waals surface area contributed by atoms with Gasteiger partial charge in [-0.25, -0.2) is 0 Å². The molecule has 22 heavy (non-hydrogen) atoms. The second-order valence-corrected chi connectivity index (χ2v) is 6.63. The molecule has 4 heteroatoms. The van der Waals surface area contributed by atoms with Crippen LogP contribution in [0.3, 0.4) is 0 Å². The fraction of sp³-hybridized carbons (Fsp3) is 0.444. The highest BCUT2D eigenvalue weighted by molar-refractivity contribution is 5.89. The Kier molecular flexibility index (Phi) is 3.63. The zero-order valence-electron chi connectivity index (χ0n) is 13.5. The van der Waals surface area contributed by atoms with Gasteiger partial charge in [0.25, 0.3) is 0 Å². The quantitative estimate of drug-likeness (QED) is 0.895. The summed E-state index contributed by atoms with van der Waals surface area (Å²) in [6.45, 7) is 6.49. The normalized spacial score (nSPS) is 27.8. The minimum absolute atomic E-state index is 0.160. The fourth-order valence-electron chi connectivity index (χ4n) is 3.13. The SMILES string of the molecule is COc1cc(C2(O)OCC(C)(C)NC2C)cc2ccccc12. The van der Waals surface area contributed by atoms with Gasteiger partial charge in [-0.2, -0.15) is 0 Å². The molecule has 1 aliphatic heterocycles. The van der Waals surface area contributed by atoms with Gasteiger partial charge in [0, 0.05) is 16.5 Å². The Balaban J connectivity index is 2.09. The van der Waals surface area contributed by atoms with Crippen molar-refractivity contribution in [2.75, 3.05) is 13.7 Å². The van der Waals surface area contributed by atoms with Crippen molar-refractivity contribution >= 4 is 10.8 Å². The lowest BCUT2D eigenvalue weighted by atomic mass is 9.91. The van der Waals surface area contributed by atoms with Crippen LogP contribution in [0.15, 0.2) is 36.4 Å². The van der Waals surface area contributed by atoms with Crippen LogP contribution in [0, 0.1) is 0 Å². The molecule has 1 heterocycles. The highest BCUT2D eigenvalue weighted by Gasteiger charge is 2.45. The lowest BCUT2D eigenvalue weighted by Gasteiger charge is -2.46. The van der Waals surface area contributed by atoms with E-state index in [-0.39, 0.29) is 11.6 Å². The third-order valence-corrected chi connectivity index (χ3v) is 4.30. The standard InChI is InChI=1S/C18H23NO3/c1-12-18(20,22-11-17(2,3)19-12)14-9-13-7-5-6-8-15(13)16(10-14)21-4/h5-10,12,19-20H,11H2,1-4H3. The number of hydrogen-bond acceptors (Lipinski definition) is 4. The minimum atomic E-state index is -1.37. The summed E-state index contributed by atoms with van der Waals surface area (Å²) >= 11 is 0. The average molecular weight is 301 g/mol. The summed E-state index contributed by atoms with van der Waals surface area (Å²) < 4.78 is 11.4. The lowest BCUT2D eigenvalue weighted by Crippen LogP contribution is -2.63. The maximum atomic E-state index is 11.1. The van der Waals surface area contributed by atoms with E-state index >= 15 is 0 Å². The van der Waals surface area contributed by atoms with Crippen LogP contribution in [0.25, 0.3) is 10.8 Å². The molecule has 0 amide bonds. The molecule has 0 aromatic heterocycles. The summed E-state index contributed by atoms with van der Waals surface area (Å²) in [5, 5.41) is 16.5. The molecule has 1 saturated heterocycles. The highest BCUT2D eigenvalue weighted by Crippen LogP contribution is 2.37. The first-order valence-electron chi connectivity index (χ1n) is 7.57. The molecular formula is C18H23NO3. The molecule has 2 N–H and O–H groups in total. The van der Waals surface area contributed by atoms with Gasteiger partial charge in [-0.15, -0.1) is 0 Å². The fourth-order valence-corrected chi connectivity index (χ4v) is 3.13. The van der Waals surface area contributed by atoms with Crippen LogP contribution >= 0.6 is 0 Å². The van der Waals surface area contributed by atoms with Crippen molar-refractivity contribution < 1.29 is 14.6 Å². The van der Waals surface area contributed by atoms with Crippen LogP contribution < -0.4 is 10.1 Å². The number of fused-ring (bicyclic) bond motifs is 1. The summed E-state index contributed by atoms with van der Waals surface area (Å²) in [4.78, 5) is 0. The number of hydrogen-bond donors (Lipinski definition) is 2. The first kappa shape index (κ1) is 15.3. The monoisotopic (exact) mass is 301 g/mol. The van der Waals surface area contributed by atoms with Crippen molar-refractivity contribution in [1.29, 1.82) is 0 Å². The van der Waals surface area contributed by atoms with Crippen LogP contribution in [0.4, 0.5) is 0 Å². The molecule has 2 atom stereocenters. The molecule has 1 fully saturated rings. The van der Waals surface area contributed by atoms with E-state index in [1.54, 1.807) is 7.11 Å². The number of aliphatic hydroxyl groups is 1. The zero-order chi connectivity index (χ0) is 16.0. The third kappa shape index (κ3) is 2.47. The van der Waals surface area contributed by atoms with Crippen LogP contribution in [0.1, 0.15) is 26.3 Å². The van der Waals surface area contributed by atoms with E-state index in [1.165, 1.54) is 0 Å². The maximum absolute atomic E-state index is 11.1. The van der Waals surface area contributed by atoms with Gasteiger partial charge in [0.1, 0.15) is 5.75 Å².